The van der Waals surface area contributed by atoms with Crippen LogP contribution in [0, 0.1) is 5.92 Å². The number of rotatable bonds is 0. The van der Waals surface area contributed by atoms with Crippen molar-refractivity contribution in [2.45, 2.75) is 25.9 Å². The van der Waals surface area contributed by atoms with Crippen LogP contribution in [0.3, 0.4) is 0 Å². The molecule has 0 amide bonds. The number of hydrogen-bond acceptors (Lipinski definition) is 3. The van der Waals surface area contributed by atoms with Crippen LogP contribution in [0.2, 0.25) is 0 Å². The third kappa shape index (κ3) is 1.95. The minimum absolute atomic E-state index is 0.619. The van der Waals surface area contributed by atoms with Gasteiger partial charge in [-0.15, -0.1) is 0 Å². The highest BCUT2D eigenvalue weighted by molar-refractivity contribution is 4.88. The fraction of sp³-hybridized carbons (Fsp3) is 1.00. The molecule has 0 aromatic rings. The first-order valence-electron chi connectivity index (χ1n) is 5.70. The molecule has 2 aliphatic heterocycles. The van der Waals surface area contributed by atoms with Crippen LogP contribution in [-0.2, 0) is 4.74 Å². The zero-order valence-corrected chi connectivity index (χ0v) is 9.57. The summed E-state index contributed by atoms with van der Waals surface area (Å²) < 4.78 is 5.56. The van der Waals surface area contributed by atoms with Crippen molar-refractivity contribution in [2.24, 2.45) is 5.92 Å². The van der Waals surface area contributed by atoms with Gasteiger partial charge in [0.05, 0.1) is 13.2 Å². The van der Waals surface area contributed by atoms with Crippen LogP contribution in [0.4, 0.5) is 0 Å². The van der Waals surface area contributed by atoms with Crippen LogP contribution in [0.25, 0.3) is 0 Å². The van der Waals surface area contributed by atoms with Gasteiger partial charge in [-0.2, -0.15) is 0 Å². The van der Waals surface area contributed by atoms with Crippen molar-refractivity contribution >= 4 is 0 Å². The summed E-state index contributed by atoms with van der Waals surface area (Å²) >= 11 is 0. The molecule has 0 N–H and O–H groups in total. The number of ether oxygens (including phenoxy) is 1. The highest BCUT2D eigenvalue weighted by atomic mass is 16.5. The minimum atomic E-state index is 0.619. The molecule has 0 radical (unpaired) electrons. The van der Waals surface area contributed by atoms with Crippen molar-refractivity contribution in [2.75, 3.05) is 39.9 Å². The summed E-state index contributed by atoms with van der Waals surface area (Å²) in [6, 6.07) is 1.32. The summed E-state index contributed by atoms with van der Waals surface area (Å²) in [5, 5.41) is 0. The standard InChI is InChI=1S/C11H22N2O/c1-9-6-12(3)7-11-8-14-5-4-13(11)10(9)2/h9-11H,4-8H2,1-3H3/t9-,10-,11-/m1/s1. The lowest BCUT2D eigenvalue weighted by Crippen LogP contribution is -2.52. The van der Waals surface area contributed by atoms with E-state index < -0.39 is 0 Å². The molecule has 3 nitrogen and oxygen atoms in total. The second-order valence-electron chi connectivity index (χ2n) is 4.91. The van der Waals surface area contributed by atoms with Crippen LogP contribution in [0.5, 0.6) is 0 Å². The maximum absolute atomic E-state index is 5.56. The number of hydrogen-bond donors (Lipinski definition) is 0. The Morgan fingerprint density at radius 3 is 2.79 bits per heavy atom. The molecule has 82 valence electrons. The molecule has 0 bridgehead atoms. The average Bonchev–Trinajstić information content (AvgIpc) is 2.26. The van der Waals surface area contributed by atoms with E-state index in [2.05, 4.69) is 30.7 Å². The Morgan fingerprint density at radius 2 is 2.00 bits per heavy atom. The molecule has 3 atom stereocenters. The quantitative estimate of drug-likeness (QED) is 0.568. The molecule has 0 aromatic heterocycles. The normalized spacial score (nSPS) is 41.8. The molecular weight excluding hydrogens is 176 g/mol. The second kappa shape index (κ2) is 4.17. The molecule has 2 fully saturated rings. The van der Waals surface area contributed by atoms with Gasteiger partial charge < -0.3 is 9.64 Å². The molecule has 2 heterocycles. The molecule has 0 spiro atoms. The van der Waals surface area contributed by atoms with Gasteiger partial charge in [0.2, 0.25) is 0 Å². The van der Waals surface area contributed by atoms with Crippen LogP contribution < -0.4 is 0 Å². The van der Waals surface area contributed by atoms with Crippen molar-refractivity contribution in [1.82, 2.24) is 9.80 Å². The maximum atomic E-state index is 5.56. The van der Waals surface area contributed by atoms with Crippen molar-refractivity contribution in [3.63, 3.8) is 0 Å². The molecule has 0 aliphatic carbocycles. The van der Waals surface area contributed by atoms with Gasteiger partial charge in [0.25, 0.3) is 0 Å². The molecule has 2 rings (SSSR count). The van der Waals surface area contributed by atoms with Gasteiger partial charge in [0.15, 0.2) is 0 Å². The number of likely N-dealkylation sites (N-methyl/N-ethyl adjacent to an activating group) is 1. The monoisotopic (exact) mass is 198 g/mol. The summed E-state index contributed by atoms with van der Waals surface area (Å²) in [6.07, 6.45) is 0. The van der Waals surface area contributed by atoms with Crippen LogP contribution in [0.1, 0.15) is 13.8 Å². The van der Waals surface area contributed by atoms with E-state index in [1.165, 1.54) is 6.54 Å². The first-order valence-corrected chi connectivity index (χ1v) is 5.70. The van der Waals surface area contributed by atoms with Gasteiger partial charge >= 0.3 is 0 Å². The fourth-order valence-corrected chi connectivity index (χ4v) is 2.77. The molecule has 2 aliphatic rings. The predicted molar refractivity (Wildman–Crippen MR) is 57.4 cm³/mol. The van der Waals surface area contributed by atoms with Crippen LogP contribution in [-0.4, -0.2) is 61.8 Å². The lowest BCUT2D eigenvalue weighted by atomic mass is 10.0. The highest BCUT2D eigenvalue weighted by Gasteiger charge is 2.33. The first-order chi connectivity index (χ1) is 6.68. The largest absolute Gasteiger partial charge is 0.378 e. The van der Waals surface area contributed by atoms with Crippen molar-refractivity contribution in [3.8, 4) is 0 Å². The SMILES string of the molecule is C[C@@H]1CN(C)C[C@@H]2COCCN2[C@@H]1C. The maximum Gasteiger partial charge on any atom is 0.0635 e. The zero-order valence-electron chi connectivity index (χ0n) is 9.57. The third-order valence-corrected chi connectivity index (χ3v) is 3.74. The zero-order chi connectivity index (χ0) is 10.1. The molecule has 3 heteroatoms. The third-order valence-electron chi connectivity index (χ3n) is 3.74. The summed E-state index contributed by atoms with van der Waals surface area (Å²) in [4.78, 5) is 5.08. The number of nitrogens with zero attached hydrogens (tertiary/aromatic N) is 2. The van der Waals surface area contributed by atoms with Crippen LogP contribution >= 0.6 is 0 Å². The summed E-state index contributed by atoms with van der Waals surface area (Å²) in [6.45, 7) is 10.0. The summed E-state index contributed by atoms with van der Waals surface area (Å²) in [5.74, 6) is 0.767. The highest BCUT2D eigenvalue weighted by Crippen LogP contribution is 2.22. The molecule has 0 unspecified atom stereocenters. The minimum Gasteiger partial charge on any atom is -0.378 e. The second-order valence-corrected chi connectivity index (χ2v) is 4.91. The number of fused-ring (bicyclic) bond motifs is 1. The van der Waals surface area contributed by atoms with Gasteiger partial charge in [-0.3, -0.25) is 4.90 Å². The van der Waals surface area contributed by atoms with E-state index in [-0.39, 0.29) is 0 Å². The summed E-state index contributed by atoms with van der Waals surface area (Å²) in [7, 11) is 2.22. The van der Waals surface area contributed by atoms with Gasteiger partial charge in [-0.05, 0) is 19.9 Å². The lowest BCUT2D eigenvalue weighted by molar-refractivity contribution is -0.0286. The Kier molecular flexibility index (Phi) is 3.10. The lowest BCUT2D eigenvalue weighted by Gasteiger charge is -2.39. The van der Waals surface area contributed by atoms with Gasteiger partial charge in [0, 0.05) is 31.7 Å². The van der Waals surface area contributed by atoms with Crippen molar-refractivity contribution in [1.29, 1.82) is 0 Å². The average molecular weight is 198 g/mol. The Morgan fingerprint density at radius 1 is 1.21 bits per heavy atom. The summed E-state index contributed by atoms with van der Waals surface area (Å²) in [5.41, 5.74) is 0. The van der Waals surface area contributed by atoms with E-state index >= 15 is 0 Å². The Balaban J connectivity index is 2.10. The van der Waals surface area contributed by atoms with E-state index in [4.69, 9.17) is 4.74 Å². The van der Waals surface area contributed by atoms with E-state index in [1.807, 2.05) is 0 Å². The predicted octanol–water partition coefficient (Wildman–Crippen LogP) is 0.657. The number of morpholine rings is 1. The van der Waals surface area contributed by atoms with E-state index in [0.29, 0.717) is 12.1 Å². The molecule has 0 aromatic carbocycles. The van der Waals surface area contributed by atoms with E-state index in [9.17, 15) is 0 Å². The van der Waals surface area contributed by atoms with E-state index in [1.54, 1.807) is 0 Å². The fourth-order valence-electron chi connectivity index (χ4n) is 2.77. The van der Waals surface area contributed by atoms with Crippen molar-refractivity contribution in [3.05, 3.63) is 0 Å². The topological polar surface area (TPSA) is 15.7 Å². The van der Waals surface area contributed by atoms with Gasteiger partial charge in [0.1, 0.15) is 0 Å². The molecular formula is C11H22N2O. The molecule has 14 heavy (non-hydrogen) atoms. The van der Waals surface area contributed by atoms with E-state index in [0.717, 1.165) is 32.2 Å². The smallest absolute Gasteiger partial charge is 0.0635 e. The Hall–Kier alpha value is -0.120. The first kappa shape index (κ1) is 10.4. The van der Waals surface area contributed by atoms with Gasteiger partial charge in [-0.25, -0.2) is 0 Å². The van der Waals surface area contributed by atoms with Crippen molar-refractivity contribution < 1.29 is 4.74 Å². The Labute approximate surface area is 87.0 Å². The molecule has 0 saturated carbocycles. The molecule has 2 saturated heterocycles. The Bertz CT molecular complexity index is 198. The van der Waals surface area contributed by atoms with Gasteiger partial charge in [-0.1, -0.05) is 6.92 Å². The van der Waals surface area contributed by atoms with Crippen LogP contribution in [0.15, 0.2) is 0 Å².